The summed E-state index contributed by atoms with van der Waals surface area (Å²) in [5.74, 6) is 1.05. The Hall–Kier alpha value is -3.10. The third kappa shape index (κ3) is 6.46. The lowest BCUT2D eigenvalue weighted by atomic mass is 10.0. The van der Waals surface area contributed by atoms with E-state index in [1.807, 2.05) is 6.92 Å². The van der Waals surface area contributed by atoms with Gasteiger partial charge in [-0.15, -0.1) is 0 Å². The maximum Gasteiger partial charge on any atom is 0.166 e. The quantitative estimate of drug-likeness (QED) is 0.256. The molecule has 3 aromatic rings. The highest BCUT2D eigenvalue weighted by molar-refractivity contribution is 7.80. The number of hydrogen-bond acceptors (Lipinski definition) is 7. The number of pyridine rings is 1. The van der Waals surface area contributed by atoms with Gasteiger partial charge in [0.05, 0.1) is 26.3 Å². The lowest BCUT2D eigenvalue weighted by molar-refractivity contribution is -0.118. The zero-order valence-electron chi connectivity index (χ0n) is 18.9. The maximum absolute atomic E-state index is 14.8. The smallest absolute Gasteiger partial charge is 0.166 e. The van der Waals surface area contributed by atoms with Crippen LogP contribution in [-0.4, -0.2) is 43.1 Å². The Morgan fingerprint density at radius 3 is 2.48 bits per heavy atom. The van der Waals surface area contributed by atoms with E-state index in [0.29, 0.717) is 64.6 Å². The molecule has 0 aliphatic carbocycles. The monoisotopic (exact) mass is 471 g/mol. The average Bonchev–Trinajstić information content (AvgIpc) is 2.80. The Morgan fingerprint density at radius 2 is 1.79 bits per heavy atom. The average molecular weight is 472 g/mol. The van der Waals surface area contributed by atoms with Crippen LogP contribution in [0.5, 0.6) is 23.0 Å². The second-order valence-corrected chi connectivity index (χ2v) is 7.86. The molecule has 0 amide bonds. The van der Waals surface area contributed by atoms with Crippen molar-refractivity contribution in [3.05, 3.63) is 54.0 Å². The molecule has 0 fully saturated rings. The zero-order chi connectivity index (χ0) is 23.8. The van der Waals surface area contributed by atoms with Gasteiger partial charge in [-0.3, -0.25) is 9.78 Å². The number of thiocarbonyl (C=S) groups is 1. The molecule has 0 N–H and O–H groups in total. The van der Waals surface area contributed by atoms with E-state index in [9.17, 15) is 9.18 Å². The first-order valence-electron chi connectivity index (χ1n) is 10.5. The summed E-state index contributed by atoms with van der Waals surface area (Å²) in [5.41, 5.74) is 1.30. The summed E-state index contributed by atoms with van der Waals surface area (Å²) < 4.78 is 36.5. The number of fused-ring (bicyclic) bond motifs is 1. The van der Waals surface area contributed by atoms with Crippen LogP contribution in [0.1, 0.15) is 25.3 Å². The molecule has 2 aromatic carbocycles. The molecule has 0 unspecified atom stereocenters. The van der Waals surface area contributed by atoms with Crippen LogP contribution in [0, 0.1) is 5.82 Å². The van der Waals surface area contributed by atoms with Gasteiger partial charge in [-0.05, 0) is 36.8 Å². The number of methoxy groups -OCH3 is 2. The topological polar surface area (TPSA) is 66.9 Å². The van der Waals surface area contributed by atoms with E-state index in [1.54, 1.807) is 43.6 Å². The minimum Gasteiger partial charge on any atom is -0.493 e. The van der Waals surface area contributed by atoms with E-state index < -0.39 is 5.82 Å². The fraction of sp³-hybridized carbons (Fsp3) is 0.320. The fourth-order valence-corrected chi connectivity index (χ4v) is 3.65. The number of Topliss-reactive ketones (excluding diaryl/α,β-unsaturated/α-hetero) is 1. The Bertz CT molecular complexity index is 1150. The van der Waals surface area contributed by atoms with Crippen molar-refractivity contribution < 1.29 is 28.1 Å². The Morgan fingerprint density at radius 1 is 1.03 bits per heavy atom. The van der Waals surface area contributed by atoms with Crippen molar-refractivity contribution in [2.24, 2.45) is 0 Å². The number of carbonyl (C=O) groups excluding carboxylic acids is 1. The Balaban J connectivity index is 1.72. The summed E-state index contributed by atoms with van der Waals surface area (Å²) in [5, 5.41) is 0.658. The molecule has 8 heteroatoms. The van der Waals surface area contributed by atoms with Crippen molar-refractivity contribution in [2.45, 2.75) is 26.2 Å². The number of ketones is 1. The Kier molecular flexibility index (Phi) is 8.68. The van der Waals surface area contributed by atoms with Crippen LogP contribution in [0.3, 0.4) is 0 Å². The number of carbonyl (C=O) groups is 1. The van der Waals surface area contributed by atoms with Gasteiger partial charge in [-0.2, -0.15) is 0 Å². The van der Waals surface area contributed by atoms with Crippen LogP contribution >= 0.6 is 12.2 Å². The molecule has 33 heavy (non-hydrogen) atoms. The van der Waals surface area contributed by atoms with Crippen LogP contribution < -0.4 is 14.2 Å². The van der Waals surface area contributed by atoms with Crippen molar-refractivity contribution in [3.63, 3.8) is 0 Å². The highest BCUT2D eigenvalue weighted by Crippen LogP contribution is 2.37. The molecule has 0 saturated heterocycles. The summed E-state index contributed by atoms with van der Waals surface area (Å²) in [6.45, 7) is 2.84. The van der Waals surface area contributed by atoms with Crippen molar-refractivity contribution in [3.8, 4) is 23.0 Å². The lowest BCUT2D eigenvalue weighted by Gasteiger charge is -2.13. The summed E-state index contributed by atoms with van der Waals surface area (Å²) in [7, 11) is 3.08. The molecule has 0 bridgehead atoms. The van der Waals surface area contributed by atoms with Crippen molar-refractivity contribution in [1.82, 2.24) is 4.98 Å². The highest BCUT2D eigenvalue weighted by atomic mass is 32.1. The van der Waals surface area contributed by atoms with Crippen molar-refractivity contribution >= 4 is 33.8 Å². The van der Waals surface area contributed by atoms with Crippen molar-refractivity contribution in [1.29, 1.82) is 0 Å². The van der Waals surface area contributed by atoms with Gasteiger partial charge >= 0.3 is 0 Å². The fourth-order valence-electron chi connectivity index (χ4n) is 3.32. The molecule has 0 saturated carbocycles. The minimum atomic E-state index is -0.525. The van der Waals surface area contributed by atoms with Crippen LogP contribution in [0.25, 0.3) is 10.9 Å². The van der Waals surface area contributed by atoms with Gasteiger partial charge in [0.15, 0.2) is 23.1 Å². The first-order chi connectivity index (χ1) is 15.9. The van der Waals surface area contributed by atoms with E-state index in [4.69, 9.17) is 31.2 Å². The van der Waals surface area contributed by atoms with E-state index in [1.165, 1.54) is 13.2 Å². The van der Waals surface area contributed by atoms with E-state index in [-0.39, 0.29) is 18.0 Å². The zero-order valence-corrected chi connectivity index (χ0v) is 19.7. The van der Waals surface area contributed by atoms with E-state index in [0.717, 1.165) is 0 Å². The van der Waals surface area contributed by atoms with Gasteiger partial charge in [-0.1, -0.05) is 18.3 Å². The number of hydrogen-bond donors (Lipinski definition) is 0. The number of halogens is 1. The molecule has 3 rings (SSSR count). The molecule has 0 spiro atoms. The molecule has 0 aliphatic rings. The highest BCUT2D eigenvalue weighted by Gasteiger charge is 2.14. The largest absolute Gasteiger partial charge is 0.493 e. The molecule has 6 nitrogen and oxygen atoms in total. The summed E-state index contributed by atoms with van der Waals surface area (Å²) in [6.07, 6.45) is 2.42. The van der Waals surface area contributed by atoms with Crippen molar-refractivity contribution in [2.75, 3.05) is 27.4 Å². The maximum atomic E-state index is 14.8. The van der Waals surface area contributed by atoms with Gasteiger partial charge in [0, 0.05) is 48.4 Å². The van der Waals surface area contributed by atoms with E-state index in [2.05, 4.69) is 4.98 Å². The number of nitrogens with zero attached hydrogens (tertiary/aromatic N) is 1. The van der Waals surface area contributed by atoms with Crippen LogP contribution in [-0.2, 0) is 16.0 Å². The first-order valence-corrected chi connectivity index (χ1v) is 10.9. The first kappa shape index (κ1) is 24.5. The SMILES string of the molecule is CCOCCC(=O)CC(=S)Cc1ccc(Oc2ccnc3cc(OC)c(OC)cc23)c(F)c1. The predicted molar refractivity (Wildman–Crippen MR) is 128 cm³/mol. The lowest BCUT2D eigenvalue weighted by Crippen LogP contribution is -2.11. The van der Waals surface area contributed by atoms with E-state index >= 15 is 0 Å². The number of rotatable bonds is 12. The summed E-state index contributed by atoms with van der Waals surface area (Å²) >= 11 is 5.32. The Labute approximate surface area is 197 Å². The van der Waals surface area contributed by atoms with Gasteiger partial charge in [0.2, 0.25) is 0 Å². The van der Waals surface area contributed by atoms with Crippen LogP contribution in [0.15, 0.2) is 42.6 Å². The molecule has 1 heterocycles. The number of ether oxygens (including phenoxy) is 4. The molecular weight excluding hydrogens is 445 g/mol. The number of benzene rings is 2. The van der Waals surface area contributed by atoms with Gasteiger partial charge in [-0.25, -0.2) is 4.39 Å². The third-order valence-electron chi connectivity index (χ3n) is 4.95. The minimum absolute atomic E-state index is 0.0190. The molecule has 0 radical (unpaired) electrons. The summed E-state index contributed by atoms with van der Waals surface area (Å²) in [6, 6.07) is 9.80. The molecular formula is C25H26FNO5S. The predicted octanol–water partition coefficient (Wildman–Crippen LogP) is 5.48. The normalized spacial score (nSPS) is 10.8. The van der Waals surface area contributed by atoms with Gasteiger partial charge in [0.1, 0.15) is 11.5 Å². The molecule has 0 aliphatic heterocycles. The third-order valence-corrected chi connectivity index (χ3v) is 5.24. The number of aromatic nitrogens is 1. The molecule has 1 aromatic heterocycles. The molecule has 174 valence electrons. The molecule has 0 atom stereocenters. The second-order valence-electron chi connectivity index (χ2n) is 7.28. The second kappa shape index (κ2) is 11.7. The van der Waals surface area contributed by atoms with Gasteiger partial charge < -0.3 is 18.9 Å². The van der Waals surface area contributed by atoms with Gasteiger partial charge in [0.25, 0.3) is 0 Å². The standard InChI is InChI=1S/C25H26FNO5S/c1-4-31-10-8-17(28)13-18(33)11-16-5-6-23(20(26)12-16)32-22-7-9-27-21-15-25(30-3)24(29-2)14-19(21)22/h5-7,9,12,14-15H,4,8,10-11,13H2,1-3H3. The van der Waals surface area contributed by atoms with Crippen LogP contribution in [0.4, 0.5) is 4.39 Å². The van der Waals surface area contributed by atoms with Crippen LogP contribution in [0.2, 0.25) is 0 Å². The summed E-state index contributed by atoms with van der Waals surface area (Å²) in [4.78, 5) is 16.8.